The molecule has 2 atom stereocenters. The van der Waals surface area contributed by atoms with Crippen molar-refractivity contribution in [1.82, 2.24) is 10.3 Å². The summed E-state index contributed by atoms with van der Waals surface area (Å²) in [6, 6.07) is 12.6. The number of aliphatic hydroxyl groups is 2. The number of aromatic nitrogens is 1. The maximum Gasteiger partial charge on any atom is 0.407 e. The summed E-state index contributed by atoms with van der Waals surface area (Å²) in [5.74, 6) is 0. The highest BCUT2D eigenvalue weighted by Gasteiger charge is 2.18. The molecule has 6 heteroatoms. The highest BCUT2D eigenvalue weighted by atomic mass is 16.5. The number of pyridine rings is 1. The third-order valence-corrected chi connectivity index (χ3v) is 3.33. The monoisotopic (exact) mass is 316 g/mol. The Balaban J connectivity index is 1.67. The van der Waals surface area contributed by atoms with Gasteiger partial charge >= 0.3 is 6.09 Å². The van der Waals surface area contributed by atoms with Gasteiger partial charge in [-0.1, -0.05) is 30.3 Å². The van der Waals surface area contributed by atoms with Crippen LogP contribution in [-0.2, 0) is 11.3 Å². The molecule has 0 radical (unpaired) electrons. The lowest BCUT2D eigenvalue weighted by Crippen LogP contribution is -2.29. The molecular weight excluding hydrogens is 296 g/mol. The van der Waals surface area contributed by atoms with Crippen molar-refractivity contribution in [3.8, 4) is 0 Å². The largest absolute Gasteiger partial charge is 0.445 e. The minimum Gasteiger partial charge on any atom is -0.445 e. The molecule has 0 saturated carbocycles. The molecule has 1 aromatic carbocycles. The average molecular weight is 316 g/mol. The number of ether oxygens (including phenoxy) is 1. The number of aliphatic hydroxyl groups excluding tert-OH is 2. The molecule has 0 spiro atoms. The van der Waals surface area contributed by atoms with Crippen LogP contribution in [0.15, 0.2) is 54.9 Å². The van der Waals surface area contributed by atoms with E-state index < -0.39 is 18.3 Å². The van der Waals surface area contributed by atoms with Crippen molar-refractivity contribution in [2.75, 3.05) is 6.54 Å². The smallest absolute Gasteiger partial charge is 0.407 e. The predicted octanol–water partition coefficient (Wildman–Crippen LogP) is 1.79. The van der Waals surface area contributed by atoms with E-state index in [9.17, 15) is 15.0 Å². The Labute approximate surface area is 134 Å². The number of hydrogen-bond donors (Lipinski definition) is 3. The van der Waals surface area contributed by atoms with Crippen molar-refractivity contribution in [2.24, 2.45) is 0 Å². The molecule has 1 amide bonds. The van der Waals surface area contributed by atoms with Gasteiger partial charge in [0.2, 0.25) is 0 Å². The van der Waals surface area contributed by atoms with Gasteiger partial charge in [0, 0.05) is 18.9 Å². The van der Waals surface area contributed by atoms with Gasteiger partial charge in [0.1, 0.15) is 12.7 Å². The first kappa shape index (κ1) is 16.9. The number of benzene rings is 1. The molecule has 3 N–H and O–H groups in total. The standard InChI is InChI=1S/C17H20N2O4/c20-15(16(21)14-6-9-18-10-7-14)8-11-19-17(22)23-12-13-4-2-1-3-5-13/h1-7,9-10,15-16,20-21H,8,11-12H2,(H,19,22). The van der Waals surface area contributed by atoms with Crippen LogP contribution in [-0.4, -0.2) is 33.9 Å². The summed E-state index contributed by atoms with van der Waals surface area (Å²) in [6.45, 7) is 0.395. The van der Waals surface area contributed by atoms with Crippen LogP contribution in [0.1, 0.15) is 23.7 Å². The normalized spacial score (nSPS) is 13.1. The Hall–Kier alpha value is -2.44. The van der Waals surface area contributed by atoms with E-state index in [-0.39, 0.29) is 19.6 Å². The van der Waals surface area contributed by atoms with Gasteiger partial charge in [0.15, 0.2) is 0 Å². The van der Waals surface area contributed by atoms with Gasteiger partial charge in [-0.3, -0.25) is 4.98 Å². The fraction of sp³-hybridized carbons (Fsp3) is 0.294. The van der Waals surface area contributed by atoms with Gasteiger partial charge in [0.25, 0.3) is 0 Å². The lowest BCUT2D eigenvalue weighted by Gasteiger charge is -2.18. The number of amides is 1. The van der Waals surface area contributed by atoms with Crippen LogP contribution in [0.5, 0.6) is 0 Å². The predicted molar refractivity (Wildman–Crippen MR) is 84.5 cm³/mol. The zero-order valence-corrected chi connectivity index (χ0v) is 12.6. The minimum atomic E-state index is -1.01. The van der Waals surface area contributed by atoms with Gasteiger partial charge in [-0.05, 0) is 29.7 Å². The zero-order chi connectivity index (χ0) is 16.5. The number of rotatable bonds is 7. The molecular formula is C17H20N2O4. The summed E-state index contributed by atoms with van der Waals surface area (Å²) < 4.78 is 5.05. The molecule has 0 aliphatic carbocycles. The van der Waals surface area contributed by atoms with E-state index in [0.717, 1.165) is 5.56 Å². The Kier molecular flexibility index (Phi) is 6.53. The first-order valence-corrected chi connectivity index (χ1v) is 7.37. The Morgan fingerprint density at radius 2 is 1.83 bits per heavy atom. The van der Waals surface area contributed by atoms with Crippen LogP contribution in [0, 0.1) is 0 Å². The van der Waals surface area contributed by atoms with Crippen molar-refractivity contribution < 1.29 is 19.7 Å². The molecule has 0 aliphatic rings. The van der Waals surface area contributed by atoms with Crippen LogP contribution in [0.25, 0.3) is 0 Å². The molecule has 0 saturated heterocycles. The molecule has 2 unspecified atom stereocenters. The molecule has 0 fully saturated rings. The fourth-order valence-corrected chi connectivity index (χ4v) is 2.04. The summed E-state index contributed by atoms with van der Waals surface area (Å²) in [5, 5.41) is 22.5. The number of alkyl carbamates (subject to hydrolysis) is 1. The first-order chi connectivity index (χ1) is 11.2. The van der Waals surface area contributed by atoms with Crippen molar-refractivity contribution in [3.63, 3.8) is 0 Å². The Morgan fingerprint density at radius 1 is 1.13 bits per heavy atom. The SMILES string of the molecule is O=C(NCCC(O)C(O)c1ccncc1)OCc1ccccc1. The van der Waals surface area contributed by atoms with Crippen molar-refractivity contribution in [1.29, 1.82) is 0 Å². The lowest BCUT2D eigenvalue weighted by atomic mass is 10.0. The van der Waals surface area contributed by atoms with Gasteiger partial charge in [-0.25, -0.2) is 4.79 Å². The molecule has 2 rings (SSSR count). The van der Waals surface area contributed by atoms with Gasteiger partial charge in [0.05, 0.1) is 6.10 Å². The number of carbonyl (C=O) groups is 1. The lowest BCUT2D eigenvalue weighted by molar-refractivity contribution is 0.0136. The third kappa shape index (κ3) is 5.69. The number of nitrogens with zero attached hydrogens (tertiary/aromatic N) is 1. The minimum absolute atomic E-state index is 0.189. The van der Waals surface area contributed by atoms with E-state index in [1.165, 1.54) is 0 Å². The van der Waals surface area contributed by atoms with Crippen LogP contribution >= 0.6 is 0 Å². The highest BCUT2D eigenvalue weighted by molar-refractivity contribution is 5.67. The van der Waals surface area contributed by atoms with E-state index in [0.29, 0.717) is 5.56 Å². The maximum absolute atomic E-state index is 11.6. The molecule has 6 nitrogen and oxygen atoms in total. The number of hydrogen-bond acceptors (Lipinski definition) is 5. The molecule has 2 aromatic rings. The number of nitrogens with one attached hydrogen (secondary N) is 1. The van der Waals surface area contributed by atoms with Gasteiger partial charge in [-0.2, -0.15) is 0 Å². The highest BCUT2D eigenvalue weighted by Crippen LogP contribution is 2.17. The molecule has 23 heavy (non-hydrogen) atoms. The molecule has 0 bridgehead atoms. The summed E-state index contributed by atoms with van der Waals surface area (Å²) >= 11 is 0. The second kappa shape index (κ2) is 8.87. The van der Waals surface area contributed by atoms with Crippen LogP contribution in [0.2, 0.25) is 0 Å². The second-order valence-corrected chi connectivity index (χ2v) is 5.07. The van der Waals surface area contributed by atoms with Crippen LogP contribution in [0.4, 0.5) is 4.79 Å². The number of carbonyl (C=O) groups excluding carboxylic acids is 1. The Bertz CT molecular complexity index is 592. The van der Waals surface area contributed by atoms with E-state index in [1.807, 2.05) is 30.3 Å². The zero-order valence-electron chi connectivity index (χ0n) is 12.6. The van der Waals surface area contributed by atoms with E-state index in [2.05, 4.69) is 10.3 Å². The van der Waals surface area contributed by atoms with Crippen molar-refractivity contribution >= 4 is 6.09 Å². The second-order valence-electron chi connectivity index (χ2n) is 5.07. The van der Waals surface area contributed by atoms with Crippen LogP contribution in [0.3, 0.4) is 0 Å². The fourth-order valence-electron chi connectivity index (χ4n) is 2.04. The maximum atomic E-state index is 11.6. The topological polar surface area (TPSA) is 91.7 Å². The van der Waals surface area contributed by atoms with Crippen LogP contribution < -0.4 is 5.32 Å². The molecule has 1 aromatic heterocycles. The molecule has 0 aliphatic heterocycles. The van der Waals surface area contributed by atoms with Crippen molar-refractivity contribution in [2.45, 2.75) is 25.2 Å². The summed E-state index contributed by atoms with van der Waals surface area (Å²) in [6.07, 6.45) is 0.755. The van der Waals surface area contributed by atoms with Crippen molar-refractivity contribution in [3.05, 3.63) is 66.0 Å². The summed E-state index contributed by atoms with van der Waals surface area (Å²) in [5.41, 5.74) is 1.48. The molecule has 1 heterocycles. The Morgan fingerprint density at radius 3 is 2.52 bits per heavy atom. The average Bonchev–Trinajstić information content (AvgIpc) is 2.61. The first-order valence-electron chi connectivity index (χ1n) is 7.37. The van der Waals surface area contributed by atoms with E-state index in [4.69, 9.17) is 4.74 Å². The summed E-state index contributed by atoms with van der Waals surface area (Å²) in [7, 11) is 0. The van der Waals surface area contributed by atoms with Gasteiger partial charge in [-0.15, -0.1) is 0 Å². The third-order valence-electron chi connectivity index (χ3n) is 3.33. The summed E-state index contributed by atoms with van der Waals surface area (Å²) in [4.78, 5) is 15.4. The van der Waals surface area contributed by atoms with E-state index >= 15 is 0 Å². The molecule has 122 valence electrons. The quantitative estimate of drug-likeness (QED) is 0.724. The van der Waals surface area contributed by atoms with E-state index in [1.54, 1.807) is 24.5 Å². The van der Waals surface area contributed by atoms with Gasteiger partial charge < -0.3 is 20.3 Å².